The first kappa shape index (κ1) is 14.1. The molecular formula is C17H17N3O2. The van der Waals surface area contributed by atoms with Crippen molar-refractivity contribution in [2.24, 2.45) is 0 Å². The van der Waals surface area contributed by atoms with Crippen molar-refractivity contribution in [1.82, 2.24) is 14.9 Å². The predicted molar refractivity (Wildman–Crippen MR) is 85.0 cm³/mol. The number of para-hydroxylation sites is 2. The lowest BCUT2D eigenvalue weighted by Crippen LogP contribution is -2.22. The highest BCUT2D eigenvalue weighted by Gasteiger charge is 2.09. The molecule has 0 saturated carbocycles. The number of fused-ring (bicyclic) bond motifs is 1. The molecule has 5 nitrogen and oxygen atoms in total. The molecule has 0 unspecified atom stereocenters. The summed E-state index contributed by atoms with van der Waals surface area (Å²) in [5, 5.41) is 2.85. The average Bonchev–Trinajstić information content (AvgIpc) is 3.17. The smallest absolute Gasteiger partial charge is 0.244 e. The molecule has 0 bridgehead atoms. The van der Waals surface area contributed by atoms with E-state index in [1.54, 1.807) is 24.5 Å². The lowest BCUT2D eigenvalue weighted by atomic mass is 10.3. The second-order valence-electron chi connectivity index (χ2n) is 4.83. The lowest BCUT2D eigenvalue weighted by Gasteiger charge is -2.06. The van der Waals surface area contributed by atoms with E-state index < -0.39 is 0 Å². The Kier molecular flexibility index (Phi) is 4.05. The Bertz CT molecular complexity index is 801. The molecule has 0 radical (unpaired) electrons. The molecule has 0 fully saturated rings. The van der Waals surface area contributed by atoms with Crippen molar-refractivity contribution in [2.45, 2.75) is 20.0 Å². The number of benzene rings is 1. The fraction of sp³-hybridized carbons (Fsp3) is 0.176. The van der Waals surface area contributed by atoms with Crippen LogP contribution in [0.5, 0.6) is 0 Å². The van der Waals surface area contributed by atoms with Crippen molar-refractivity contribution >= 4 is 23.0 Å². The van der Waals surface area contributed by atoms with Crippen LogP contribution in [0.1, 0.15) is 18.5 Å². The van der Waals surface area contributed by atoms with Crippen molar-refractivity contribution in [2.75, 3.05) is 0 Å². The number of nitrogens with one attached hydrogen (secondary N) is 1. The van der Waals surface area contributed by atoms with Crippen LogP contribution < -0.4 is 5.32 Å². The molecule has 2 heterocycles. The Morgan fingerprint density at radius 1 is 1.32 bits per heavy atom. The van der Waals surface area contributed by atoms with Gasteiger partial charge in [0.15, 0.2) is 0 Å². The highest BCUT2D eigenvalue weighted by molar-refractivity contribution is 5.91. The van der Waals surface area contributed by atoms with Gasteiger partial charge in [-0.1, -0.05) is 12.1 Å². The zero-order valence-corrected chi connectivity index (χ0v) is 12.3. The number of carbonyl (C=O) groups excluding carboxylic acids is 1. The Morgan fingerprint density at radius 3 is 2.95 bits per heavy atom. The second kappa shape index (κ2) is 6.30. The summed E-state index contributed by atoms with van der Waals surface area (Å²) in [5.74, 6) is 1.32. The molecule has 22 heavy (non-hydrogen) atoms. The number of aromatic nitrogens is 2. The Hall–Kier alpha value is -2.82. The summed E-state index contributed by atoms with van der Waals surface area (Å²) in [6, 6.07) is 11.5. The van der Waals surface area contributed by atoms with Gasteiger partial charge < -0.3 is 14.3 Å². The molecular weight excluding hydrogens is 278 g/mol. The van der Waals surface area contributed by atoms with Crippen LogP contribution in [0.3, 0.4) is 0 Å². The van der Waals surface area contributed by atoms with Gasteiger partial charge in [0, 0.05) is 12.6 Å². The Morgan fingerprint density at radius 2 is 2.18 bits per heavy atom. The molecule has 0 aliphatic carbocycles. The molecule has 0 atom stereocenters. The van der Waals surface area contributed by atoms with Gasteiger partial charge in [0.05, 0.1) is 23.8 Å². The molecule has 0 saturated heterocycles. The summed E-state index contributed by atoms with van der Waals surface area (Å²) < 4.78 is 7.24. The molecule has 1 aromatic carbocycles. The third-order valence-corrected chi connectivity index (χ3v) is 3.41. The number of furan rings is 1. The van der Waals surface area contributed by atoms with Crippen LogP contribution in [-0.4, -0.2) is 15.5 Å². The molecule has 112 valence electrons. The first-order chi connectivity index (χ1) is 10.8. The van der Waals surface area contributed by atoms with E-state index >= 15 is 0 Å². The Balaban J connectivity index is 1.70. The van der Waals surface area contributed by atoms with Crippen molar-refractivity contribution in [3.63, 3.8) is 0 Å². The molecule has 0 aliphatic heterocycles. The normalized spacial score (nSPS) is 11.3. The van der Waals surface area contributed by atoms with E-state index in [0.717, 1.165) is 23.4 Å². The molecule has 0 spiro atoms. The maximum absolute atomic E-state index is 11.8. The summed E-state index contributed by atoms with van der Waals surface area (Å²) in [4.78, 5) is 16.4. The van der Waals surface area contributed by atoms with Crippen LogP contribution in [0.4, 0.5) is 0 Å². The van der Waals surface area contributed by atoms with E-state index in [0.29, 0.717) is 12.3 Å². The molecule has 1 amide bonds. The number of amides is 1. The van der Waals surface area contributed by atoms with Gasteiger partial charge in [-0.3, -0.25) is 4.79 Å². The maximum atomic E-state index is 11.8. The number of imidazole rings is 1. The number of carbonyl (C=O) groups is 1. The fourth-order valence-electron chi connectivity index (χ4n) is 2.38. The number of nitrogens with zero attached hydrogens (tertiary/aromatic N) is 2. The minimum Gasteiger partial charge on any atom is -0.465 e. The highest BCUT2D eigenvalue weighted by atomic mass is 16.3. The molecule has 3 rings (SSSR count). The zero-order chi connectivity index (χ0) is 15.4. The van der Waals surface area contributed by atoms with Crippen LogP contribution in [0.15, 0.2) is 53.2 Å². The van der Waals surface area contributed by atoms with Crippen molar-refractivity contribution in [1.29, 1.82) is 0 Å². The van der Waals surface area contributed by atoms with E-state index in [1.165, 1.54) is 6.08 Å². The van der Waals surface area contributed by atoms with E-state index in [-0.39, 0.29) is 5.91 Å². The highest BCUT2D eigenvalue weighted by Crippen LogP contribution is 2.15. The summed E-state index contributed by atoms with van der Waals surface area (Å²) in [6.07, 6.45) is 4.66. The Labute approximate surface area is 128 Å². The van der Waals surface area contributed by atoms with Crippen LogP contribution in [-0.2, 0) is 17.9 Å². The summed E-state index contributed by atoms with van der Waals surface area (Å²) in [7, 11) is 0. The van der Waals surface area contributed by atoms with Crippen LogP contribution >= 0.6 is 0 Å². The fourth-order valence-corrected chi connectivity index (χ4v) is 2.38. The van der Waals surface area contributed by atoms with Crippen LogP contribution in [0.2, 0.25) is 0 Å². The van der Waals surface area contributed by atoms with Gasteiger partial charge in [-0.15, -0.1) is 0 Å². The van der Waals surface area contributed by atoms with Gasteiger partial charge in [-0.05, 0) is 37.3 Å². The van der Waals surface area contributed by atoms with Crippen molar-refractivity contribution < 1.29 is 9.21 Å². The number of rotatable bonds is 5. The molecule has 0 aliphatic rings. The molecule has 1 N–H and O–H groups in total. The summed E-state index contributed by atoms with van der Waals surface area (Å²) in [6.45, 7) is 3.27. The molecule has 3 aromatic rings. The third kappa shape index (κ3) is 2.93. The first-order valence-electron chi connectivity index (χ1n) is 7.21. The van der Waals surface area contributed by atoms with Gasteiger partial charge >= 0.3 is 0 Å². The van der Waals surface area contributed by atoms with E-state index in [2.05, 4.69) is 21.8 Å². The molecule has 2 aromatic heterocycles. The standard InChI is InChI=1S/C17H17N3O2/c1-2-20-15-8-4-3-7-14(15)19-16(20)12-18-17(21)10-9-13-6-5-11-22-13/h3-11H,2,12H2,1H3,(H,18,21)/b10-9+. The van der Waals surface area contributed by atoms with Crippen molar-refractivity contribution in [3.8, 4) is 0 Å². The van der Waals surface area contributed by atoms with Crippen molar-refractivity contribution in [3.05, 3.63) is 60.3 Å². The quantitative estimate of drug-likeness (QED) is 0.736. The number of hydrogen-bond acceptors (Lipinski definition) is 3. The third-order valence-electron chi connectivity index (χ3n) is 3.41. The van der Waals surface area contributed by atoms with Gasteiger partial charge in [-0.2, -0.15) is 0 Å². The first-order valence-corrected chi connectivity index (χ1v) is 7.21. The van der Waals surface area contributed by atoms with Gasteiger partial charge in [0.1, 0.15) is 11.6 Å². The minimum absolute atomic E-state index is 0.175. The SMILES string of the molecule is CCn1c(CNC(=O)/C=C/c2ccco2)nc2ccccc21. The largest absolute Gasteiger partial charge is 0.465 e. The maximum Gasteiger partial charge on any atom is 0.244 e. The summed E-state index contributed by atoms with van der Waals surface area (Å²) in [5.41, 5.74) is 2.03. The van der Waals surface area contributed by atoms with Gasteiger partial charge in [0.25, 0.3) is 0 Å². The monoisotopic (exact) mass is 295 g/mol. The number of aryl methyl sites for hydroxylation is 1. The zero-order valence-electron chi connectivity index (χ0n) is 12.3. The topological polar surface area (TPSA) is 60.1 Å². The van der Waals surface area contributed by atoms with Gasteiger partial charge in [0.2, 0.25) is 5.91 Å². The second-order valence-corrected chi connectivity index (χ2v) is 4.83. The predicted octanol–water partition coefficient (Wildman–Crippen LogP) is 2.98. The van der Waals surface area contributed by atoms with E-state index in [1.807, 2.05) is 24.3 Å². The van der Waals surface area contributed by atoms with Gasteiger partial charge in [-0.25, -0.2) is 4.98 Å². The van der Waals surface area contributed by atoms with E-state index in [9.17, 15) is 4.79 Å². The minimum atomic E-state index is -0.175. The van der Waals surface area contributed by atoms with E-state index in [4.69, 9.17) is 4.42 Å². The summed E-state index contributed by atoms with van der Waals surface area (Å²) >= 11 is 0. The number of hydrogen-bond donors (Lipinski definition) is 1. The lowest BCUT2D eigenvalue weighted by molar-refractivity contribution is -0.116. The average molecular weight is 295 g/mol. The van der Waals surface area contributed by atoms with Crippen LogP contribution in [0.25, 0.3) is 17.1 Å². The molecule has 5 heteroatoms. The van der Waals surface area contributed by atoms with Crippen LogP contribution in [0, 0.1) is 0 Å².